The van der Waals surface area contributed by atoms with Crippen LogP contribution >= 0.6 is 0 Å². The molecule has 0 fully saturated rings. The van der Waals surface area contributed by atoms with Crippen LogP contribution in [0.4, 0.5) is 0 Å². The standard InChI is InChI=1S/C13H18O3/c1-9-6-5-7-12(11(9)3)16-10(2)8-13(14)15-4/h5-7,10H,8H2,1-4H3. The van der Waals surface area contributed by atoms with E-state index in [0.29, 0.717) is 0 Å². The molecule has 0 bridgehead atoms. The van der Waals surface area contributed by atoms with E-state index in [1.807, 2.05) is 39.0 Å². The number of ether oxygens (including phenoxy) is 2. The second-order valence-electron chi connectivity index (χ2n) is 3.91. The Balaban J connectivity index is 2.66. The number of carbonyl (C=O) groups is 1. The maximum Gasteiger partial charge on any atom is 0.309 e. The van der Waals surface area contributed by atoms with Crippen molar-refractivity contribution in [1.29, 1.82) is 0 Å². The van der Waals surface area contributed by atoms with Crippen molar-refractivity contribution in [2.24, 2.45) is 0 Å². The Morgan fingerprint density at radius 2 is 2.06 bits per heavy atom. The van der Waals surface area contributed by atoms with E-state index in [1.54, 1.807) is 0 Å². The van der Waals surface area contributed by atoms with Crippen LogP contribution in [-0.2, 0) is 9.53 Å². The first kappa shape index (κ1) is 12.6. The summed E-state index contributed by atoms with van der Waals surface area (Å²) in [5, 5.41) is 0. The molecule has 1 aromatic rings. The number of hydrogen-bond donors (Lipinski definition) is 0. The first-order chi connectivity index (χ1) is 7.54. The van der Waals surface area contributed by atoms with Crippen molar-refractivity contribution in [1.82, 2.24) is 0 Å². The predicted octanol–water partition coefficient (Wildman–Crippen LogP) is 2.63. The minimum absolute atomic E-state index is 0.173. The van der Waals surface area contributed by atoms with Crippen molar-refractivity contribution in [3.8, 4) is 5.75 Å². The minimum Gasteiger partial charge on any atom is -0.490 e. The molecule has 0 amide bonds. The van der Waals surface area contributed by atoms with Gasteiger partial charge in [-0.25, -0.2) is 0 Å². The van der Waals surface area contributed by atoms with E-state index >= 15 is 0 Å². The average Bonchev–Trinajstić information content (AvgIpc) is 2.24. The van der Waals surface area contributed by atoms with Crippen LogP contribution in [0.1, 0.15) is 24.5 Å². The van der Waals surface area contributed by atoms with Gasteiger partial charge in [-0.2, -0.15) is 0 Å². The molecule has 0 heterocycles. The molecule has 3 heteroatoms. The number of aryl methyl sites for hydroxylation is 1. The third kappa shape index (κ3) is 3.26. The first-order valence-corrected chi connectivity index (χ1v) is 5.34. The molecule has 1 rings (SSSR count). The van der Waals surface area contributed by atoms with Gasteiger partial charge in [0, 0.05) is 0 Å². The fourth-order valence-corrected chi connectivity index (χ4v) is 1.43. The smallest absolute Gasteiger partial charge is 0.309 e. The number of hydrogen-bond acceptors (Lipinski definition) is 3. The zero-order valence-corrected chi connectivity index (χ0v) is 10.2. The molecule has 0 saturated heterocycles. The van der Waals surface area contributed by atoms with E-state index in [4.69, 9.17) is 4.74 Å². The molecule has 0 radical (unpaired) electrons. The predicted molar refractivity (Wildman–Crippen MR) is 62.6 cm³/mol. The van der Waals surface area contributed by atoms with Gasteiger partial charge in [0.05, 0.1) is 13.5 Å². The Morgan fingerprint density at radius 1 is 1.38 bits per heavy atom. The third-order valence-electron chi connectivity index (χ3n) is 2.56. The lowest BCUT2D eigenvalue weighted by atomic mass is 10.1. The Hall–Kier alpha value is -1.51. The zero-order chi connectivity index (χ0) is 12.1. The summed E-state index contributed by atoms with van der Waals surface area (Å²) in [4.78, 5) is 11.1. The Labute approximate surface area is 96.4 Å². The Bertz CT molecular complexity index is 371. The van der Waals surface area contributed by atoms with E-state index in [0.717, 1.165) is 11.3 Å². The normalized spacial score (nSPS) is 12.0. The van der Waals surface area contributed by atoms with Gasteiger partial charge in [0.25, 0.3) is 0 Å². The molecular weight excluding hydrogens is 204 g/mol. The van der Waals surface area contributed by atoms with Gasteiger partial charge in [-0.1, -0.05) is 12.1 Å². The van der Waals surface area contributed by atoms with Crippen molar-refractivity contribution >= 4 is 5.97 Å². The molecule has 0 N–H and O–H groups in total. The monoisotopic (exact) mass is 222 g/mol. The first-order valence-electron chi connectivity index (χ1n) is 5.34. The maximum absolute atomic E-state index is 11.1. The van der Waals surface area contributed by atoms with Crippen molar-refractivity contribution in [2.75, 3.05) is 7.11 Å². The van der Waals surface area contributed by atoms with Crippen molar-refractivity contribution in [2.45, 2.75) is 33.3 Å². The lowest BCUT2D eigenvalue weighted by molar-refractivity contribution is -0.142. The van der Waals surface area contributed by atoms with E-state index in [1.165, 1.54) is 12.7 Å². The molecular formula is C13H18O3. The van der Waals surface area contributed by atoms with Crippen molar-refractivity contribution in [3.05, 3.63) is 29.3 Å². The number of methoxy groups -OCH3 is 1. The van der Waals surface area contributed by atoms with Crippen LogP contribution < -0.4 is 4.74 Å². The van der Waals surface area contributed by atoms with E-state index in [9.17, 15) is 4.79 Å². The molecule has 1 aromatic carbocycles. The molecule has 16 heavy (non-hydrogen) atoms. The van der Waals surface area contributed by atoms with E-state index in [2.05, 4.69) is 4.74 Å². The van der Waals surface area contributed by atoms with Crippen molar-refractivity contribution < 1.29 is 14.3 Å². The SMILES string of the molecule is COC(=O)CC(C)Oc1cccc(C)c1C. The zero-order valence-electron chi connectivity index (χ0n) is 10.2. The lowest BCUT2D eigenvalue weighted by Gasteiger charge is -2.16. The van der Waals surface area contributed by atoms with Gasteiger partial charge in [-0.15, -0.1) is 0 Å². The third-order valence-corrected chi connectivity index (χ3v) is 2.56. The fraction of sp³-hybridized carbons (Fsp3) is 0.462. The van der Waals surface area contributed by atoms with Gasteiger partial charge in [-0.05, 0) is 38.0 Å². The van der Waals surface area contributed by atoms with Crippen LogP contribution in [0.2, 0.25) is 0 Å². The van der Waals surface area contributed by atoms with Gasteiger partial charge in [-0.3, -0.25) is 4.79 Å². The molecule has 0 saturated carbocycles. The van der Waals surface area contributed by atoms with Crippen LogP contribution in [0, 0.1) is 13.8 Å². The molecule has 1 unspecified atom stereocenters. The van der Waals surface area contributed by atoms with Gasteiger partial charge in [0.1, 0.15) is 11.9 Å². The number of rotatable bonds is 4. The number of benzene rings is 1. The molecule has 3 nitrogen and oxygen atoms in total. The van der Waals surface area contributed by atoms with Gasteiger partial charge in [0.2, 0.25) is 0 Å². The summed E-state index contributed by atoms with van der Waals surface area (Å²) >= 11 is 0. The largest absolute Gasteiger partial charge is 0.490 e. The summed E-state index contributed by atoms with van der Waals surface area (Å²) in [6, 6.07) is 5.89. The highest BCUT2D eigenvalue weighted by molar-refractivity contribution is 5.69. The van der Waals surface area contributed by atoms with Crippen LogP contribution in [0.25, 0.3) is 0 Å². The molecule has 1 atom stereocenters. The Morgan fingerprint density at radius 3 is 2.69 bits per heavy atom. The summed E-state index contributed by atoms with van der Waals surface area (Å²) in [6.07, 6.45) is 0.0945. The number of esters is 1. The Kier molecular flexibility index (Phi) is 4.35. The van der Waals surface area contributed by atoms with Crippen LogP contribution in [0.3, 0.4) is 0 Å². The highest BCUT2D eigenvalue weighted by Gasteiger charge is 2.12. The van der Waals surface area contributed by atoms with Gasteiger partial charge < -0.3 is 9.47 Å². The second-order valence-corrected chi connectivity index (χ2v) is 3.91. The highest BCUT2D eigenvalue weighted by Crippen LogP contribution is 2.22. The quantitative estimate of drug-likeness (QED) is 0.735. The minimum atomic E-state index is -0.252. The topological polar surface area (TPSA) is 35.5 Å². The fourth-order valence-electron chi connectivity index (χ4n) is 1.43. The van der Waals surface area contributed by atoms with Crippen LogP contribution in [0.5, 0.6) is 5.75 Å². The summed E-state index contributed by atoms with van der Waals surface area (Å²) < 4.78 is 10.3. The van der Waals surface area contributed by atoms with E-state index < -0.39 is 0 Å². The lowest BCUT2D eigenvalue weighted by Crippen LogP contribution is -2.18. The van der Waals surface area contributed by atoms with Crippen LogP contribution in [0.15, 0.2) is 18.2 Å². The van der Waals surface area contributed by atoms with Gasteiger partial charge >= 0.3 is 5.97 Å². The second kappa shape index (κ2) is 5.54. The summed E-state index contributed by atoms with van der Waals surface area (Å²) in [5.41, 5.74) is 2.29. The average molecular weight is 222 g/mol. The molecule has 0 aliphatic carbocycles. The van der Waals surface area contributed by atoms with Gasteiger partial charge in [0.15, 0.2) is 0 Å². The maximum atomic E-state index is 11.1. The van der Waals surface area contributed by atoms with E-state index in [-0.39, 0.29) is 18.5 Å². The molecule has 88 valence electrons. The summed E-state index contributed by atoms with van der Waals surface area (Å²) in [6.45, 7) is 5.90. The summed E-state index contributed by atoms with van der Waals surface area (Å²) in [5.74, 6) is 0.578. The number of carbonyl (C=O) groups excluding carboxylic acids is 1. The highest BCUT2D eigenvalue weighted by atomic mass is 16.5. The molecule has 0 aromatic heterocycles. The molecule has 0 aliphatic heterocycles. The summed E-state index contributed by atoms with van der Waals surface area (Å²) in [7, 11) is 1.38. The van der Waals surface area contributed by atoms with Crippen LogP contribution in [-0.4, -0.2) is 19.2 Å². The molecule has 0 aliphatic rings. The molecule has 0 spiro atoms. The van der Waals surface area contributed by atoms with Crippen molar-refractivity contribution in [3.63, 3.8) is 0 Å².